The van der Waals surface area contributed by atoms with E-state index in [1.54, 1.807) is 7.11 Å². The summed E-state index contributed by atoms with van der Waals surface area (Å²) in [6.07, 6.45) is 3.14. The van der Waals surface area contributed by atoms with Gasteiger partial charge in [-0.3, -0.25) is 4.79 Å². The molecular weight excluding hydrogens is 382 g/mol. The number of aromatic nitrogens is 1. The number of nitrogens with zero attached hydrogens (tertiary/aromatic N) is 2. The highest BCUT2D eigenvalue weighted by Crippen LogP contribution is 2.29. The number of hydrogen-bond donors (Lipinski definition) is 1. The van der Waals surface area contributed by atoms with Crippen LogP contribution in [0.2, 0.25) is 0 Å². The normalized spacial score (nSPS) is 16.9. The Hall–Kier alpha value is -2.86. The molecule has 150 valence electrons. The van der Waals surface area contributed by atoms with E-state index >= 15 is 0 Å². The molecule has 1 aromatic heterocycles. The third kappa shape index (κ3) is 4.77. The van der Waals surface area contributed by atoms with Crippen molar-refractivity contribution < 1.29 is 9.53 Å². The lowest BCUT2D eigenvalue weighted by molar-refractivity contribution is 0.0756. The second-order valence-electron chi connectivity index (χ2n) is 7.22. The molecule has 4 rings (SSSR count). The predicted octanol–water partition coefficient (Wildman–Crippen LogP) is 5.31. The Morgan fingerprint density at radius 2 is 1.90 bits per heavy atom. The number of methoxy groups -OCH3 is 1. The highest BCUT2D eigenvalue weighted by Gasteiger charge is 2.24. The Labute approximate surface area is 175 Å². The van der Waals surface area contributed by atoms with Crippen molar-refractivity contribution in [3.63, 3.8) is 0 Å². The van der Waals surface area contributed by atoms with Gasteiger partial charge in [0, 0.05) is 24.2 Å². The van der Waals surface area contributed by atoms with E-state index in [1.807, 2.05) is 34.5 Å². The first-order valence-electron chi connectivity index (χ1n) is 9.94. The first-order valence-corrected chi connectivity index (χ1v) is 10.8. The van der Waals surface area contributed by atoms with Crippen LogP contribution in [0, 0.1) is 0 Å². The third-order valence-electron chi connectivity index (χ3n) is 5.35. The minimum atomic E-state index is 0.0257. The zero-order valence-electron chi connectivity index (χ0n) is 16.5. The standard InChI is InChI=1S/C23H25N3O2S/c1-28-20-11-9-19(10-12-20)24-23-25-21(16-29-23)22(27)26-14-5-8-18(13-15-26)17-6-3-2-4-7-17/h2-4,6-7,9-12,16,18H,5,8,13-15H2,1H3,(H,24,25). The van der Waals surface area contributed by atoms with Crippen molar-refractivity contribution in [1.29, 1.82) is 0 Å². The van der Waals surface area contributed by atoms with E-state index in [1.165, 1.54) is 16.9 Å². The first kappa shape index (κ1) is 19.5. The van der Waals surface area contributed by atoms with E-state index < -0.39 is 0 Å². The summed E-state index contributed by atoms with van der Waals surface area (Å²) in [5, 5.41) is 5.81. The maximum absolute atomic E-state index is 13.0. The molecule has 6 heteroatoms. The largest absolute Gasteiger partial charge is 0.497 e. The van der Waals surface area contributed by atoms with Crippen molar-refractivity contribution in [1.82, 2.24) is 9.88 Å². The zero-order valence-corrected chi connectivity index (χ0v) is 17.3. The average Bonchev–Trinajstić information content (AvgIpc) is 3.09. The van der Waals surface area contributed by atoms with E-state index in [-0.39, 0.29) is 5.91 Å². The van der Waals surface area contributed by atoms with Gasteiger partial charge in [0.15, 0.2) is 5.13 Å². The van der Waals surface area contributed by atoms with Crippen LogP contribution in [-0.2, 0) is 0 Å². The lowest BCUT2D eigenvalue weighted by Gasteiger charge is -2.19. The van der Waals surface area contributed by atoms with Crippen LogP contribution in [0.4, 0.5) is 10.8 Å². The van der Waals surface area contributed by atoms with E-state index in [0.29, 0.717) is 11.6 Å². The summed E-state index contributed by atoms with van der Waals surface area (Å²) in [5.41, 5.74) is 2.81. The van der Waals surface area contributed by atoms with Gasteiger partial charge in [0.2, 0.25) is 0 Å². The molecule has 1 aliphatic heterocycles. The number of carbonyl (C=O) groups is 1. The molecule has 1 aliphatic rings. The molecule has 1 fully saturated rings. The van der Waals surface area contributed by atoms with Crippen molar-refractivity contribution in [2.45, 2.75) is 25.2 Å². The second-order valence-corrected chi connectivity index (χ2v) is 8.08. The third-order valence-corrected chi connectivity index (χ3v) is 6.11. The molecule has 0 bridgehead atoms. The molecule has 1 N–H and O–H groups in total. The van der Waals surface area contributed by atoms with Crippen LogP contribution >= 0.6 is 11.3 Å². The highest BCUT2D eigenvalue weighted by atomic mass is 32.1. The fourth-order valence-electron chi connectivity index (χ4n) is 3.75. The van der Waals surface area contributed by atoms with Gasteiger partial charge in [-0.25, -0.2) is 4.98 Å². The molecule has 0 saturated carbocycles. The lowest BCUT2D eigenvalue weighted by atomic mass is 9.92. The first-order chi connectivity index (χ1) is 14.2. The summed E-state index contributed by atoms with van der Waals surface area (Å²) in [5.74, 6) is 1.36. The lowest BCUT2D eigenvalue weighted by Crippen LogP contribution is -2.32. The van der Waals surface area contributed by atoms with Gasteiger partial charge in [0.25, 0.3) is 5.91 Å². The van der Waals surface area contributed by atoms with Crippen molar-refractivity contribution in [3.05, 3.63) is 71.2 Å². The quantitative estimate of drug-likeness (QED) is 0.623. The van der Waals surface area contributed by atoms with Gasteiger partial charge in [-0.15, -0.1) is 11.3 Å². The van der Waals surface area contributed by atoms with E-state index in [2.05, 4.69) is 40.6 Å². The minimum Gasteiger partial charge on any atom is -0.497 e. The molecule has 2 heterocycles. The predicted molar refractivity (Wildman–Crippen MR) is 117 cm³/mol. The molecule has 29 heavy (non-hydrogen) atoms. The van der Waals surface area contributed by atoms with Gasteiger partial charge in [-0.1, -0.05) is 30.3 Å². The summed E-state index contributed by atoms with van der Waals surface area (Å²) in [6, 6.07) is 18.3. The number of ether oxygens (including phenoxy) is 1. The number of rotatable bonds is 5. The zero-order chi connectivity index (χ0) is 20.1. The SMILES string of the molecule is COc1ccc(Nc2nc(C(=O)N3CCCC(c4ccccc4)CC3)cs2)cc1. The number of anilines is 2. The molecule has 2 aromatic carbocycles. The maximum Gasteiger partial charge on any atom is 0.273 e. The molecule has 1 amide bonds. The van der Waals surface area contributed by atoms with E-state index in [0.717, 1.165) is 48.9 Å². The Bertz CT molecular complexity index is 940. The summed E-state index contributed by atoms with van der Waals surface area (Å²) in [7, 11) is 1.64. The summed E-state index contributed by atoms with van der Waals surface area (Å²) in [4.78, 5) is 19.4. The summed E-state index contributed by atoms with van der Waals surface area (Å²) < 4.78 is 5.18. The van der Waals surface area contributed by atoms with Crippen molar-refractivity contribution >= 4 is 28.1 Å². The van der Waals surface area contributed by atoms with Crippen LogP contribution < -0.4 is 10.1 Å². The monoisotopic (exact) mass is 407 g/mol. The van der Waals surface area contributed by atoms with Crippen LogP contribution in [0.5, 0.6) is 5.75 Å². The molecule has 1 unspecified atom stereocenters. The molecule has 0 spiro atoms. The van der Waals surface area contributed by atoms with Crippen LogP contribution in [-0.4, -0.2) is 36.0 Å². The van der Waals surface area contributed by atoms with Crippen molar-refractivity contribution in [2.24, 2.45) is 0 Å². The highest BCUT2D eigenvalue weighted by molar-refractivity contribution is 7.14. The number of hydrogen-bond acceptors (Lipinski definition) is 5. The molecule has 3 aromatic rings. The molecule has 1 atom stereocenters. The Morgan fingerprint density at radius 3 is 2.66 bits per heavy atom. The van der Waals surface area contributed by atoms with Crippen LogP contribution in [0.3, 0.4) is 0 Å². The number of carbonyl (C=O) groups excluding carboxylic acids is 1. The number of amides is 1. The average molecular weight is 408 g/mol. The van der Waals surface area contributed by atoms with Gasteiger partial charge >= 0.3 is 0 Å². The minimum absolute atomic E-state index is 0.0257. The molecule has 0 radical (unpaired) electrons. The van der Waals surface area contributed by atoms with E-state index in [4.69, 9.17) is 4.74 Å². The van der Waals surface area contributed by atoms with Gasteiger partial charge in [-0.2, -0.15) is 0 Å². The number of thiazole rings is 1. The van der Waals surface area contributed by atoms with Gasteiger partial charge in [0.1, 0.15) is 11.4 Å². The van der Waals surface area contributed by atoms with Gasteiger partial charge in [-0.05, 0) is 55.0 Å². The fraction of sp³-hybridized carbons (Fsp3) is 0.304. The molecule has 0 aliphatic carbocycles. The smallest absolute Gasteiger partial charge is 0.273 e. The Kier molecular flexibility index (Phi) is 6.10. The summed E-state index contributed by atoms with van der Waals surface area (Å²) >= 11 is 1.45. The maximum atomic E-state index is 13.0. The van der Waals surface area contributed by atoms with E-state index in [9.17, 15) is 4.79 Å². The van der Waals surface area contributed by atoms with Crippen molar-refractivity contribution in [2.75, 3.05) is 25.5 Å². The molecule has 5 nitrogen and oxygen atoms in total. The van der Waals surface area contributed by atoms with Crippen molar-refractivity contribution in [3.8, 4) is 5.75 Å². The van der Waals surface area contributed by atoms with Crippen LogP contribution in [0.25, 0.3) is 0 Å². The van der Waals surface area contributed by atoms with Gasteiger partial charge in [0.05, 0.1) is 7.11 Å². The molecular formula is C23H25N3O2S. The Balaban J connectivity index is 1.38. The van der Waals surface area contributed by atoms with Gasteiger partial charge < -0.3 is 15.0 Å². The Morgan fingerprint density at radius 1 is 1.10 bits per heavy atom. The second kappa shape index (κ2) is 9.09. The van der Waals surface area contributed by atoms with Crippen LogP contribution in [0.1, 0.15) is 41.2 Å². The number of benzene rings is 2. The van der Waals surface area contributed by atoms with Crippen LogP contribution in [0.15, 0.2) is 60.0 Å². The fourth-order valence-corrected chi connectivity index (χ4v) is 4.45. The molecule has 1 saturated heterocycles. The topological polar surface area (TPSA) is 54.5 Å². The number of likely N-dealkylation sites (tertiary alicyclic amines) is 1. The summed E-state index contributed by atoms with van der Waals surface area (Å²) in [6.45, 7) is 1.57. The number of nitrogens with one attached hydrogen (secondary N) is 1.